The van der Waals surface area contributed by atoms with Crippen molar-refractivity contribution in [1.29, 1.82) is 0 Å². The van der Waals surface area contributed by atoms with Gasteiger partial charge in [-0.05, 0) is 24.6 Å². The normalized spacial score (nSPS) is 11.6. The van der Waals surface area contributed by atoms with Gasteiger partial charge in [-0.2, -0.15) is 0 Å². The minimum Gasteiger partial charge on any atom is -0.494 e. The SMILES string of the molecule is CCOc1cccc(CNC(=O)N(C)CC(C)C(=O)O)c1. The van der Waals surface area contributed by atoms with Crippen LogP contribution in [-0.4, -0.2) is 42.2 Å². The third kappa shape index (κ3) is 5.72. The Bertz CT molecular complexity index is 490. The average Bonchev–Trinajstić information content (AvgIpc) is 2.45. The number of carbonyl (C=O) groups excluding carboxylic acids is 1. The molecule has 1 atom stereocenters. The average molecular weight is 294 g/mol. The van der Waals surface area contributed by atoms with Crippen molar-refractivity contribution >= 4 is 12.0 Å². The van der Waals surface area contributed by atoms with Gasteiger partial charge in [0.1, 0.15) is 5.75 Å². The molecule has 0 fully saturated rings. The van der Waals surface area contributed by atoms with Gasteiger partial charge in [-0.25, -0.2) is 4.79 Å². The molecule has 0 spiro atoms. The molecule has 0 saturated heterocycles. The van der Waals surface area contributed by atoms with E-state index in [2.05, 4.69) is 5.32 Å². The first kappa shape index (κ1) is 16.8. The molecule has 1 unspecified atom stereocenters. The first-order valence-corrected chi connectivity index (χ1v) is 6.87. The summed E-state index contributed by atoms with van der Waals surface area (Å²) in [5, 5.41) is 11.6. The van der Waals surface area contributed by atoms with Gasteiger partial charge in [0.05, 0.1) is 12.5 Å². The molecule has 0 saturated carbocycles. The Hall–Kier alpha value is -2.24. The third-order valence-corrected chi connectivity index (χ3v) is 2.97. The molecule has 116 valence electrons. The predicted octanol–water partition coefficient (Wildman–Crippen LogP) is 1.95. The Labute approximate surface area is 124 Å². The summed E-state index contributed by atoms with van der Waals surface area (Å²) in [5.41, 5.74) is 0.925. The number of carboxylic acid groups (broad SMARTS) is 1. The van der Waals surface area contributed by atoms with Crippen LogP contribution in [0.4, 0.5) is 4.79 Å². The lowest BCUT2D eigenvalue weighted by molar-refractivity contribution is -0.141. The third-order valence-electron chi connectivity index (χ3n) is 2.97. The van der Waals surface area contributed by atoms with Crippen LogP contribution in [0.3, 0.4) is 0 Å². The molecule has 1 aromatic carbocycles. The van der Waals surface area contributed by atoms with Crippen LogP contribution in [-0.2, 0) is 11.3 Å². The summed E-state index contributed by atoms with van der Waals surface area (Å²) in [6, 6.07) is 7.18. The van der Waals surface area contributed by atoms with E-state index in [4.69, 9.17) is 9.84 Å². The Morgan fingerprint density at radius 2 is 2.14 bits per heavy atom. The predicted molar refractivity (Wildman–Crippen MR) is 79.3 cm³/mol. The number of nitrogens with one attached hydrogen (secondary N) is 1. The number of carboxylic acids is 1. The van der Waals surface area contributed by atoms with Crippen molar-refractivity contribution in [3.05, 3.63) is 29.8 Å². The highest BCUT2D eigenvalue weighted by Gasteiger charge is 2.16. The second-order valence-electron chi connectivity index (χ2n) is 4.86. The minimum absolute atomic E-state index is 0.167. The summed E-state index contributed by atoms with van der Waals surface area (Å²) in [4.78, 5) is 24.0. The molecule has 0 bridgehead atoms. The van der Waals surface area contributed by atoms with E-state index in [9.17, 15) is 9.59 Å². The molecule has 0 heterocycles. The monoisotopic (exact) mass is 294 g/mol. The molecule has 2 N–H and O–H groups in total. The zero-order valence-corrected chi connectivity index (χ0v) is 12.6. The van der Waals surface area contributed by atoms with Crippen molar-refractivity contribution in [2.75, 3.05) is 20.2 Å². The fourth-order valence-electron chi connectivity index (χ4n) is 1.80. The molecule has 0 aliphatic carbocycles. The number of ether oxygens (including phenoxy) is 1. The van der Waals surface area contributed by atoms with Crippen molar-refractivity contribution < 1.29 is 19.4 Å². The summed E-state index contributed by atoms with van der Waals surface area (Å²) >= 11 is 0. The number of carbonyl (C=O) groups is 2. The largest absolute Gasteiger partial charge is 0.494 e. The Kier molecular flexibility index (Phi) is 6.52. The molecule has 0 aliphatic heterocycles. The van der Waals surface area contributed by atoms with Gasteiger partial charge < -0.3 is 20.1 Å². The number of benzene rings is 1. The molecule has 0 aromatic heterocycles. The minimum atomic E-state index is -0.918. The number of hydrogen-bond donors (Lipinski definition) is 2. The van der Waals surface area contributed by atoms with Crippen LogP contribution in [0.25, 0.3) is 0 Å². The van der Waals surface area contributed by atoms with Crippen molar-refractivity contribution in [2.24, 2.45) is 5.92 Å². The fourth-order valence-corrected chi connectivity index (χ4v) is 1.80. The van der Waals surface area contributed by atoms with E-state index in [-0.39, 0.29) is 12.6 Å². The maximum absolute atomic E-state index is 11.9. The molecule has 21 heavy (non-hydrogen) atoms. The fraction of sp³-hybridized carbons (Fsp3) is 0.467. The molecule has 2 amide bonds. The highest BCUT2D eigenvalue weighted by Crippen LogP contribution is 2.13. The van der Waals surface area contributed by atoms with E-state index in [1.54, 1.807) is 14.0 Å². The number of aliphatic carboxylic acids is 1. The maximum Gasteiger partial charge on any atom is 0.317 e. The first-order valence-electron chi connectivity index (χ1n) is 6.87. The highest BCUT2D eigenvalue weighted by molar-refractivity contribution is 5.75. The zero-order valence-electron chi connectivity index (χ0n) is 12.6. The summed E-state index contributed by atoms with van der Waals surface area (Å²) in [6.45, 7) is 4.60. The molecule has 6 nitrogen and oxygen atoms in total. The van der Waals surface area contributed by atoms with Crippen molar-refractivity contribution in [3.8, 4) is 5.75 Å². The van der Waals surface area contributed by atoms with Gasteiger partial charge in [-0.3, -0.25) is 4.79 Å². The Morgan fingerprint density at radius 1 is 1.43 bits per heavy atom. The molecular weight excluding hydrogens is 272 g/mol. The molecular formula is C15H22N2O4. The first-order chi connectivity index (χ1) is 9.93. The Balaban J connectivity index is 2.48. The van der Waals surface area contributed by atoms with Crippen LogP contribution in [0.1, 0.15) is 19.4 Å². The van der Waals surface area contributed by atoms with Gasteiger partial charge in [0, 0.05) is 20.1 Å². The van der Waals surface area contributed by atoms with Crippen LogP contribution in [0.5, 0.6) is 5.75 Å². The van der Waals surface area contributed by atoms with Crippen molar-refractivity contribution in [3.63, 3.8) is 0 Å². The Morgan fingerprint density at radius 3 is 2.76 bits per heavy atom. The highest BCUT2D eigenvalue weighted by atomic mass is 16.5. The molecule has 6 heteroatoms. The zero-order chi connectivity index (χ0) is 15.8. The lowest BCUT2D eigenvalue weighted by Crippen LogP contribution is -2.40. The van der Waals surface area contributed by atoms with Crippen LogP contribution >= 0.6 is 0 Å². The molecule has 0 radical (unpaired) electrons. The summed E-state index contributed by atoms with van der Waals surface area (Å²) in [6.07, 6.45) is 0. The van der Waals surface area contributed by atoms with E-state index in [0.29, 0.717) is 13.2 Å². The van der Waals surface area contributed by atoms with Crippen molar-refractivity contribution in [1.82, 2.24) is 10.2 Å². The number of amides is 2. The summed E-state index contributed by atoms with van der Waals surface area (Å²) in [7, 11) is 1.57. The maximum atomic E-state index is 11.9. The molecule has 0 aliphatic rings. The summed E-state index contributed by atoms with van der Waals surface area (Å²) < 4.78 is 5.39. The van der Waals surface area contributed by atoms with E-state index in [1.165, 1.54) is 4.90 Å². The van der Waals surface area contributed by atoms with Gasteiger partial charge in [0.25, 0.3) is 0 Å². The van der Waals surface area contributed by atoms with Gasteiger partial charge in [0.2, 0.25) is 0 Å². The number of nitrogens with zero attached hydrogens (tertiary/aromatic N) is 1. The van der Waals surface area contributed by atoms with Crippen molar-refractivity contribution in [2.45, 2.75) is 20.4 Å². The van der Waals surface area contributed by atoms with Gasteiger partial charge in [-0.15, -0.1) is 0 Å². The lowest BCUT2D eigenvalue weighted by Gasteiger charge is -2.20. The molecule has 1 aromatic rings. The standard InChI is InChI=1S/C15H22N2O4/c1-4-21-13-7-5-6-12(8-13)9-16-15(20)17(3)10-11(2)14(18)19/h5-8,11H,4,9-10H2,1-3H3,(H,16,20)(H,18,19). The second kappa shape index (κ2) is 8.14. The van der Waals surface area contributed by atoms with E-state index >= 15 is 0 Å². The van der Waals surface area contributed by atoms with E-state index < -0.39 is 11.9 Å². The molecule has 1 rings (SSSR count). The second-order valence-corrected chi connectivity index (χ2v) is 4.86. The summed E-state index contributed by atoms with van der Waals surface area (Å²) in [5.74, 6) is -0.752. The van der Waals surface area contributed by atoms with Crippen LogP contribution in [0.2, 0.25) is 0 Å². The van der Waals surface area contributed by atoms with Crippen LogP contribution in [0, 0.1) is 5.92 Å². The van der Waals surface area contributed by atoms with Crippen LogP contribution in [0.15, 0.2) is 24.3 Å². The number of rotatable bonds is 7. The quantitative estimate of drug-likeness (QED) is 0.805. The van der Waals surface area contributed by atoms with Gasteiger partial charge in [0.15, 0.2) is 0 Å². The smallest absolute Gasteiger partial charge is 0.317 e. The number of hydrogen-bond acceptors (Lipinski definition) is 3. The lowest BCUT2D eigenvalue weighted by atomic mass is 10.2. The van der Waals surface area contributed by atoms with E-state index in [1.807, 2.05) is 31.2 Å². The topological polar surface area (TPSA) is 78.9 Å². The van der Waals surface area contributed by atoms with Gasteiger partial charge in [-0.1, -0.05) is 19.1 Å². The van der Waals surface area contributed by atoms with Gasteiger partial charge >= 0.3 is 12.0 Å². The van der Waals surface area contributed by atoms with E-state index in [0.717, 1.165) is 11.3 Å². The number of urea groups is 1. The van der Waals surface area contributed by atoms with Crippen LogP contribution < -0.4 is 10.1 Å².